The second kappa shape index (κ2) is 4.91. The maximum Gasteiger partial charge on any atom is 0.408 e. The fraction of sp³-hybridized carbons (Fsp3) is 0.562. The van der Waals surface area contributed by atoms with Crippen LogP contribution in [0.2, 0.25) is 0 Å². The number of hydrogen-bond donors (Lipinski definition) is 2. The maximum absolute atomic E-state index is 11.5. The third kappa shape index (κ3) is 2.46. The molecule has 1 aromatic rings. The summed E-state index contributed by atoms with van der Waals surface area (Å²) in [5.74, 6) is 0.629. The monoisotopic (exact) mass is 292 g/mol. The molecule has 0 aromatic heterocycles. The highest BCUT2D eigenvalue weighted by atomic mass is 16.5. The van der Waals surface area contributed by atoms with Gasteiger partial charge in [0.25, 0.3) is 0 Å². The lowest BCUT2D eigenvalue weighted by molar-refractivity contribution is 0.0596. The quantitative estimate of drug-likeness (QED) is 0.840. The zero-order valence-electron chi connectivity index (χ0n) is 13.3. The van der Waals surface area contributed by atoms with Crippen molar-refractivity contribution in [3.05, 3.63) is 29.3 Å². The first-order valence-corrected chi connectivity index (χ1v) is 7.16. The molecule has 2 rings (SSSR count). The molecule has 0 saturated heterocycles. The molecule has 116 valence electrons. The number of nitrogens with zero attached hydrogens (tertiary/aromatic N) is 1. The summed E-state index contributed by atoms with van der Waals surface area (Å²) in [6.07, 6.45) is -0.262. The summed E-state index contributed by atoms with van der Waals surface area (Å²) in [5.41, 5.74) is 6.92. The van der Waals surface area contributed by atoms with Crippen molar-refractivity contribution in [3.63, 3.8) is 0 Å². The van der Waals surface area contributed by atoms with Gasteiger partial charge < -0.3 is 15.6 Å². The van der Waals surface area contributed by atoms with E-state index in [1.807, 2.05) is 45.9 Å². The second-order valence-corrected chi connectivity index (χ2v) is 6.65. The van der Waals surface area contributed by atoms with Gasteiger partial charge in [-0.1, -0.05) is 32.0 Å². The van der Waals surface area contributed by atoms with Crippen molar-refractivity contribution < 1.29 is 14.6 Å². The van der Waals surface area contributed by atoms with Crippen molar-refractivity contribution in [2.24, 2.45) is 11.7 Å². The molecule has 1 unspecified atom stereocenters. The van der Waals surface area contributed by atoms with E-state index in [0.29, 0.717) is 0 Å². The van der Waals surface area contributed by atoms with Gasteiger partial charge in [-0.3, -0.25) is 4.90 Å². The molecule has 0 aliphatic carbocycles. The summed E-state index contributed by atoms with van der Waals surface area (Å²) < 4.78 is 6.05. The number of fused-ring (bicyclic) bond motifs is 1. The molecule has 1 amide bonds. The summed E-state index contributed by atoms with van der Waals surface area (Å²) in [6, 6.07) is 5.79. The van der Waals surface area contributed by atoms with Crippen molar-refractivity contribution >= 4 is 6.09 Å². The Morgan fingerprint density at radius 2 is 2.10 bits per heavy atom. The molecule has 0 radical (unpaired) electrons. The third-order valence-electron chi connectivity index (χ3n) is 4.24. The normalized spacial score (nSPS) is 18.8. The number of benzene rings is 1. The topological polar surface area (TPSA) is 75.8 Å². The smallest absolute Gasteiger partial charge is 0.408 e. The van der Waals surface area contributed by atoms with Gasteiger partial charge in [-0.05, 0) is 25.3 Å². The van der Waals surface area contributed by atoms with Crippen LogP contribution >= 0.6 is 0 Å². The first-order chi connectivity index (χ1) is 9.59. The van der Waals surface area contributed by atoms with Crippen molar-refractivity contribution in [1.29, 1.82) is 0 Å². The zero-order valence-corrected chi connectivity index (χ0v) is 13.3. The summed E-state index contributed by atoms with van der Waals surface area (Å²) in [6.45, 7) is 7.87. The van der Waals surface area contributed by atoms with Gasteiger partial charge in [-0.25, -0.2) is 4.79 Å². The molecule has 1 aromatic carbocycles. The summed E-state index contributed by atoms with van der Waals surface area (Å²) >= 11 is 0. The van der Waals surface area contributed by atoms with E-state index >= 15 is 0 Å². The van der Waals surface area contributed by atoms with Crippen LogP contribution in [0.3, 0.4) is 0 Å². The molecular weight excluding hydrogens is 268 g/mol. The molecule has 21 heavy (non-hydrogen) atoms. The van der Waals surface area contributed by atoms with Crippen LogP contribution in [0.4, 0.5) is 4.79 Å². The average Bonchev–Trinajstić information content (AvgIpc) is 2.69. The average molecular weight is 292 g/mol. The minimum atomic E-state index is -1.13. The molecular formula is C16H24N2O3. The van der Waals surface area contributed by atoms with Gasteiger partial charge in [-0.2, -0.15) is 0 Å². The first-order valence-electron chi connectivity index (χ1n) is 7.16. The minimum Gasteiger partial charge on any atom is -0.487 e. The molecule has 0 bridgehead atoms. The number of ether oxygens (including phenoxy) is 1. The second-order valence-electron chi connectivity index (χ2n) is 6.65. The van der Waals surface area contributed by atoms with Crippen molar-refractivity contribution in [3.8, 4) is 5.75 Å². The standard InChI is InChI=1S/C16H24N2O3/c1-10(2)16(17,18(5)14(19)20)12-8-6-7-11-9-15(3,4)21-13(11)12/h6-8,10H,9,17H2,1-5H3,(H,19,20). The lowest BCUT2D eigenvalue weighted by Gasteiger charge is -2.41. The van der Waals surface area contributed by atoms with E-state index < -0.39 is 11.8 Å². The molecule has 1 heterocycles. The van der Waals surface area contributed by atoms with Crippen LogP contribution in [0.1, 0.15) is 38.8 Å². The van der Waals surface area contributed by atoms with Crippen molar-refractivity contribution in [2.45, 2.75) is 45.4 Å². The Morgan fingerprint density at radius 1 is 1.48 bits per heavy atom. The van der Waals surface area contributed by atoms with E-state index in [2.05, 4.69) is 0 Å². The SMILES string of the molecule is CC(C)C(N)(c1cccc2c1OC(C)(C)C2)N(C)C(=O)O. The Balaban J connectivity index is 2.60. The highest BCUT2D eigenvalue weighted by Gasteiger charge is 2.44. The lowest BCUT2D eigenvalue weighted by atomic mass is 9.86. The Kier molecular flexibility index (Phi) is 3.66. The molecule has 0 spiro atoms. The number of carbonyl (C=O) groups is 1. The summed E-state index contributed by atoms with van der Waals surface area (Å²) in [4.78, 5) is 12.6. The number of para-hydroxylation sites is 1. The van der Waals surface area contributed by atoms with E-state index in [4.69, 9.17) is 10.5 Å². The maximum atomic E-state index is 11.5. The molecule has 1 aliphatic heterocycles. The van der Waals surface area contributed by atoms with Gasteiger partial charge >= 0.3 is 6.09 Å². The van der Waals surface area contributed by atoms with Gasteiger partial charge in [-0.15, -0.1) is 0 Å². The van der Waals surface area contributed by atoms with Crippen LogP contribution < -0.4 is 10.5 Å². The van der Waals surface area contributed by atoms with Crippen LogP contribution in [0.5, 0.6) is 5.75 Å². The van der Waals surface area contributed by atoms with Gasteiger partial charge in [0.1, 0.15) is 17.0 Å². The Morgan fingerprint density at radius 3 is 2.62 bits per heavy atom. The van der Waals surface area contributed by atoms with E-state index in [-0.39, 0.29) is 11.5 Å². The van der Waals surface area contributed by atoms with E-state index in [1.54, 1.807) is 0 Å². The van der Waals surface area contributed by atoms with E-state index in [0.717, 1.165) is 23.3 Å². The van der Waals surface area contributed by atoms with Gasteiger partial charge in [0.15, 0.2) is 0 Å². The Labute approximate surface area is 125 Å². The Hall–Kier alpha value is -1.75. The fourth-order valence-corrected chi connectivity index (χ4v) is 2.97. The summed E-state index contributed by atoms with van der Waals surface area (Å²) in [5, 5.41) is 9.38. The molecule has 5 heteroatoms. The number of rotatable bonds is 3. The molecule has 3 N–H and O–H groups in total. The molecule has 1 aliphatic rings. The highest BCUT2D eigenvalue weighted by Crippen LogP contribution is 2.44. The van der Waals surface area contributed by atoms with Crippen molar-refractivity contribution in [2.75, 3.05) is 7.05 Å². The first kappa shape index (κ1) is 15.6. The predicted molar refractivity (Wildman–Crippen MR) is 81.3 cm³/mol. The predicted octanol–water partition coefficient (Wildman–Crippen LogP) is 2.78. The molecule has 0 fully saturated rings. The Bertz CT molecular complexity index is 569. The lowest BCUT2D eigenvalue weighted by Crippen LogP contribution is -2.57. The molecule has 5 nitrogen and oxygen atoms in total. The fourth-order valence-electron chi connectivity index (χ4n) is 2.97. The van der Waals surface area contributed by atoms with Crippen LogP contribution in [0.15, 0.2) is 18.2 Å². The largest absolute Gasteiger partial charge is 0.487 e. The van der Waals surface area contributed by atoms with E-state index in [9.17, 15) is 9.90 Å². The van der Waals surface area contributed by atoms with Crippen LogP contribution in [0, 0.1) is 5.92 Å². The molecule has 1 atom stereocenters. The number of hydrogen-bond acceptors (Lipinski definition) is 3. The van der Waals surface area contributed by atoms with Gasteiger partial charge in [0.2, 0.25) is 0 Å². The van der Waals surface area contributed by atoms with Crippen molar-refractivity contribution in [1.82, 2.24) is 4.90 Å². The van der Waals surface area contributed by atoms with Gasteiger partial charge in [0, 0.05) is 19.0 Å². The number of nitrogens with two attached hydrogens (primary N) is 1. The zero-order chi connectivity index (χ0) is 16.0. The number of carboxylic acid groups (broad SMARTS) is 1. The van der Waals surface area contributed by atoms with Crippen LogP contribution in [-0.2, 0) is 12.1 Å². The number of amides is 1. The highest BCUT2D eigenvalue weighted by molar-refractivity contribution is 5.67. The van der Waals surface area contributed by atoms with E-state index in [1.165, 1.54) is 11.9 Å². The van der Waals surface area contributed by atoms with Crippen LogP contribution in [0.25, 0.3) is 0 Å². The van der Waals surface area contributed by atoms with Gasteiger partial charge in [0.05, 0.1) is 0 Å². The van der Waals surface area contributed by atoms with Crippen LogP contribution in [-0.4, -0.2) is 28.7 Å². The minimum absolute atomic E-state index is 0.0996. The molecule has 0 saturated carbocycles. The summed E-state index contributed by atoms with van der Waals surface area (Å²) in [7, 11) is 1.50. The third-order valence-corrected chi connectivity index (χ3v) is 4.24.